The summed E-state index contributed by atoms with van der Waals surface area (Å²) < 4.78 is 0. The SMILES string of the molecule is CC1=CCC(CC2C(C)=Cc3ccccc32)=C1. The van der Waals surface area contributed by atoms with Crippen LogP contribution in [0.3, 0.4) is 0 Å². The molecule has 0 N–H and O–H groups in total. The number of fused-ring (bicyclic) bond motifs is 1. The molecule has 2 aliphatic carbocycles. The highest BCUT2D eigenvalue weighted by atomic mass is 14.3. The lowest BCUT2D eigenvalue weighted by Gasteiger charge is -2.15. The molecule has 1 atom stereocenters. The summed E-state index contributed by atoms with van der Waals surface area (Å²) in [6.45, 7) is 4.46. The van der Waals surface area contributed by atoms with Gasteiger partial charge in [-0.15, -0.1) is 0 Å². The Morgan fingerprint density at radius 1 is 1.12 bits per heavy atom. The molecule has 0 aromatic heterocycles. The zero-order valence-electron chi connectivity index (χ0n) is 10.5. The van der Waals surface area contributed by atoms with Crippen LogP contribution in [0.5, 0.6) is 0 Å². The fourth-order valence-corrected chi connectivity index (χ4v) is 2.96. The van der Waals surface area contributed by atoms with Crippen LogP contribution in [0.2, 0.25) is 0 Å². The Bertz CT molecular complexity index is 541. The van der Waals surface area contributed by atoms with E-state index >= 15 is 0 Å². The first-order valence-corrected chi connectivity index (χ1v) is 6.37. The second kappa shape index (κ2) is 4.03. The summed E-state index contributed by atoms with van der Waals surface area (Å²) in [5, 5.41) is 0. The molecule has 17 heavy (non-hydrogen) atoms. The minimum absolute atomic E-state index is 0.608. The summed E-state index contributed by atoms with van der Waals surface area (Å²) in [6.07, 6.45) is 9.37. The Morgan fingerprint density at radius 2 is 1.94 bits per heavy atom. The first-order valence-electron chi connectivity index (χ1n) is 6.37. The summed E-state index contributed by atoms with van der Waals surface area (Å²) in [4.78, 5) is 0. The van der Waals surface area contributed by atoms with Gasteiger partial charge in [0.1, 0.15) is 0 Å². The van der Waals surface area contributed by atoms with E-state index < -0.39 is 0 Å². The summed E-state index contributed by atoms with van der Waals surface area (Å²) in [6, 6.07) is 8.80. The topological polar surface area (TPSA) is 0 Å². The van der Waals surface area contributed by atoms with Gasteiger partial charge >= 0.3 is 0 Å². The molecular formula is C17H18. The Balaban J connectivity index is 1.86. The lowest BCUT2D eigenvalue weighted by molar-refractivity contribution is 0.784. The lowest BCUT2D eigenvalue weighted by Crippen LogP contribution is -1.98. The Labute approximate surface area is 103 Å². The van der Waals surface area contributed by atoms with Crippen molar-refractivity contribution >= 4 is 6.08 Å². The summed E-state index contributed by atoms with van der Waals surface area (Å²) >= 11 is 0. The molecule has 86 valence electrons. The standard InChI is InChI=1S/C17H18/c1-12-7-8-14(9-12)11-17-13(2)10-15-5-3-4-6-16(15)17/h3-7,9-10,17H,8,11H2,1-2H3. The molecule has 0 heteroatoms. The fraction of sp³-hybridized carbons (Fsp3) is 0.294. The van der Waals surface area contributed by atoms with Crippen LogP contribution in [0.25, 0.3) is 6.08 Å². The van der Waals surface area contributed by atoms with Crippen molar-refractivity contribution in [2.24, 2.45) is 0 Å². The molecule has 3 rings (SSSR count). The van der Waals surface area contributed by atoms with E-state index in [1.54, 1.807) is 5.57 Å². The average molecular weight is 222 g/mol. The zero-order valence-corrected chi connectivity index (χ0v) is 10.5. The van der Waals surface area contributed by atoms with Gasteiger partial charge in [-0.1, -0.05) is 59.2 Å². The second-order valence-electron chi connectivity index (χ2n) is 5.23. The van der Waals surface area contributed by atoms with E-state index in [-0.39, 0.29) is 0 Å². The van der Waals surface area contributed by atoms with Gasteiger partial charge in [0.15, 0.2) is 0 Å². The molecule has 2 aliphatic rings. The summed E-state index contributed by atoms with van der Waals surface area (Å²) in [7, 11) is 0. The van der Waals surface area contributed by atoms with Crippen LogP contribution in [-0.4, -0.2) is 0 Å². The van der Waals surface area contributed by atoms with E-state index in [0.717, 1.165) is 6.42 Å². The maximum absolute atomic E-state index is 2.36. The average Bonchev–Trinajstić information content (AvgIpc) is 2.85. The predicted molar refractivity (Wildman–Crippen MR) is 73.9 cm³/mol. The Hall–Kier alpha value is -1.56. The normalized spacial score (nSPS) is 22.0. The van der Waals surface area contributed by atoms with Gasteiger partial charge in [-0.25, -0.2) is 0 Å². The first-order chi connectivity index (χ1) is 8.24. The van der Waals surface area contributed by atoms with Crippen LogP contribution in [0, 0.1) is 0 Å². The smallest absolute Gasteiger partial charge is 0.00920 e. The molecule has 0 nitrogen and oxygen atoms in total. The molecule has 0 spiro atoms. The maximum atomic E-state index is 2.36. The third-order valence-electron chi connectivity index (χ3n) is 3.89. The third-order valence-corrected chi connectivity index (χ3v) is 3.89. The predicted octanol–water partition coefficient (Wildman–Crippen LogP) is 4.85. The van der Waals surface area contributed by atoms with E-state index in [1.807, 2.05) is 0 Å². The van der Waals surface area contributed by atoms with Crippen molar-refractivity contribution in [1.82, 2.24) is 0 Å². The molecular weight excluding hydrogens is 204 g/mol. The number of hydrogen-bond donors (Lipinski definition) is 0. The molecule has 1 unspecified atom stereocenters. The third kappa shape index (κ3) is 1.88. The highest BCUT2D eigenvalue weighted by molar-refractivity contribution is 5.66. The van der Waals surface area contributed by atoms with Gasteiger partial charge in [-0.05, 0) is 37.8 Å². The highest BCUT2D eigenvalue weighted by Crippen LogP contribution is 2.41. The van der Waals surface area contributed by atoms with Crippen LogP contribution in [0.15, 0.2) is 53.1 Å². The van der Waals surface area contributed by atoms with E-state index in [1.165, 1.54) is 28.7 Å². The summed E-state index contributed by atoms with van der Waals surface area (Å²) in [5.41, 5.74) is 7.44. The molecule has 0 saturated carbocycles. The van der Waals surface area contributed by atoms with Crippen molar-refractivity contribution in [2.75, 3.05) is 0 Å². The van der Waals surface area contributed by atoms with Crippen LogP contribution in [0.1, 0.15) is 43.7 Å². The van der Waals surface area contributed by atoms with Gasteiger partial charge in [0.05, 0.1) is 0 Å². The minimum atomic E-state index is 0.608. The second-order valence-corrected chi connectivity index (χ2v) is 5.23. The molecule has 0 fully saturated rings. The monoisotopic (exact) mass is 222 g/mol. The quantitative estimate of drug-likeness (QED) is 0.670. The molecule has 0 aliphatic heterocycles. The molecule has 1 aromatic carbocycles. The largest absolute Gasteiger partial charge is 0.0775 e. The van der Waals surface area contributed by atoms with Gasteiger partial charge in [0.2, 0.25) is 0 Å². The van der Waals surface area contributed by atoms with Gasteiger partial charge in [0.25, 0.3) is 0 Å². The number of benzene rings is 1. The molecule has 0 radical (unpaired) electrons. The minimum Gasteiger partial charge on any atom is -0.0775 e. The molecule has 0 heterocycles. The number of hydrogen-bond acceptors (Lipinski definition) is 0. The Kier molecular flexibility index (Phi) is 2.51. The summed E-state index contributed by atoms with van der Waals surface area (Å²) in [5.74, 6) is 0.608. The van der Waals surface area contributed by atoms with Crippen molar-refractivity contribution in [3.63, 3.8) is 0 Å². The zero-order chi connectivity index (χ0) is 11.8. The Morgan fingerprint density at radius 3 is 2.71 bits per heavy atom. The molecule has 0 bridgehead atoms. The van der Waals surface area contributed by atoms with Crippen molar-refractivity contribution in [2.45, 2.75) is 32.6 Å². The molecule has 1 aromatic rings. The highest BCUT2D eigenvalue weighted by Gasteiger charge is 2.23. The first kappa shape index (κ1) is 10.6. The lowest BCUT2D eigenvalue weighted by atomic mass is 9.89. The number of allylic oxidation sites excluding steroid dienone is 5. The van der Waals surface area contributed by atoms with E-state index in [2.05, 4.69) is 56.3 Å². The van der Waals surface area contributed by atoms with Crippen LogP contribution >= 0.6 is 0 Å². The fourth-order valence-electron chi connectivity index (χ4n) is 2.96. The van der Waals surface area contributed by atoms with Gasteiger partial charge < -0.3 is 0 Å². The van der Waals surface area contributed by atoms with Crippen molar-refractivity contribution < 1.29 is 0 Å². The number of rotatable bonds is 2. The van der Waals surface area contributed by atoms with Crippen molar-refractivity contribution in [3.8, 4) is 0 Å². The van der Waals surface area contributed by atoms with E-state index in [0.29, 0.717) is 5.92 Å². The van der Waals surface area contributed by atoms with Crippen molar-refractivity contribution in [1.29, 1.82) is 0 Å². The van der Waals surface area contributed by atoms with Gasteiger partial charge in [-0.2, -0.15) is 0 Å². The van der Waals surface area contributed by atoms with Gasteiger partial charge in [0, 0.05) is 5.92 Å². The van der Waals surface area contributed by atoms with E-state index in [9.17, 15) is 0 Å². The molecule has 0 amide bonds. The molecule has 0 saturated heterocycles. The van der Waals surface area contributed by atoms with Crippen LogP contribution < -0.4 is 0 Å². The van der Waals surface area contributed by atoms with E-state index in [4.69, 9.17) is 0 Å². The van der Waals surface area contributed by atoms with Crippen LogP contribution in [-0.2, 0) is 0 Å². The van der Waals surface area contributed by atoms with Gasteiger partial charge in [-0.3, -0.25) is 0 Å². The van der Waals surface area contributed by atoms with Crippen LogP contribution in [0.4, 0.5) is 0 Å². The maximum Gasteiger partial charge on any atom is 0.00920 e. The van der Waals surface area contributed by atoms with Crippen molar-refractivity contribution in [3.05, 3.63) is 64.3 Å².